The molecule has 0 aliphatic heterocycles. The molecule has 0 fully saturated rings. The second kappa shape index (κ2) is 8.43. The van der Waals surface area contributed by atoms with E-state index in [1.54, 1.807) is 6.26 Å². The number of fused-ring (bicyclic) bond motifs is 1. The average molecular weight is 401 g/mol. The molecule has 0 aliphatic carbocycles. The van der Waals surface area contributed by atoms with Crippen LogP contribution in [0.1, 0.15) is 22.3 Å². The summed E-state index contributed by atoms with van der Waals surface area (Å²) in [5, 5.41) is 10.2. The summed E-state index contributed by atoms with van der Waals surface area (Å²) >= 11 is 0. The van der Waals surface area contributed by atoms with Crippen LogP contribution in [0.4, 0.5) is 0 Å². The minimum Gasteiger partial charge on any atom is -0.489 e. The summed E-state index contributed by atoms with van der Waals surface area (Å²) in [6.45, 7) is 2.68. The van der Waals surface area contributed by atoms with Crippen molar-refractivity contribution >= 4 is 16.9 Å². The Kier molecular flexibility index (Phi) is 5.55. The third-order valence-corrected chi connectivity index (χ3v) is 5.17. The maximum absolute atomic E-state index is 11.2. The maximum Gasteiger partial charge on any atom is 0.307 e. The molecule has 3 aromatic carbocycles. The summed E-state index contributed by atoms with van der Waals surface area (Å²) in [4.78, 5) is 11.2. The van der Waals surface area contributed by atoms with E-state index in [1.807, 2.05) is 61.5 Å². The van der Waals surface area contributed by atoms with Crippen molar-refractivity contribution in [1.29, 1.82) is 0 Å². The van der Waals surface area contributed by atoms with E-state index >= 15 is 0 Å². The second-order valence-electron chi connectivity index (χ2n) is 7.30. The fourth-order valence-electron chi connectivity index (χ4n) is 3.66. The number of rotatable bonds is 7. The normalized spacial score (nSPS) is 11.0. The van der Waals surface area contributed by atoms with E-state index in [9.17, 15) is 9.90 Å². The molecule has 5 heteroatoms. The van der Waals surface area contributed by atoms with E-state index in [1.165, 1.54) is 0 Å². The maximum atomic E-state index is 11.2. The highest BCUT2D eigenvalue weighted by Gasteiger charge is 2.13. The zero-order valence-electron chi connectivity index (χ0n) is 16.7. The van der Waals surface area contributed by atoms with Crippen molar-refractivity contribution in [2.24, 2.45) is 5.73 Å². The van der Waals surface area contributed by atoms with E-state index < -0.39 is 5.97 Å². The van der Waals surface area contributed by atoms with Crippen LogP contribution < -0.4 is 10.5 Å². The van der Waals surface area contributed by atoms with Crippen LogP contribution in [-0.2, 0) is 24.4 Å². The van der Waals surface area contributed by atoms with Crippen molar-refractivity contribution in [3.05, 3.63) is 89.2 Å². The number of benzene rings is 3. The van der Waals surface area contributed by atoms with E-state index in [-0.39, 0.29) is 6.42 Å². The van der Waals surface area contributed by atoms with Gasteiger partial charge < -0.3 is 20.0 Å². The van der Waals surface area contributed by atoms with E-state index in [0.717, 1.165) is 38.8 Å². The number of carboxylic acid groups (broad SMARTS) is 1. The van der Waals surface area contributed by atoms with Gasteiger partial charge in [0.25, 0.3) is 0 Å². The Morgan fingerprint density at radius 3 is 2.70 bits per heavy atom. The minimum absolute atomic E-state index is 0.0695. The molecule has 1 heterocycles. The monoisotopic (exact) mass is 401 g/mol. The highest BCUT2D eigenvalue weighted by molar-refractivity contribution is 5.93. The van der Waals surface area contributed by atoms with Gasteiger partial charge in [0.05, 0.1) is 12.7 Å². The summed E-state index contributed by atoms with van der Waals surface area (Å²) in [6, 6.07) is 19.7. The molecule has 0 saturated carbocycles. The van der Waals surface area contributed by atoms with Crippen molar-refractivity contribution in [1.82, 2.24) is 0 Å². The van der Waals surface area contributed by atoms with Crippen molar-refractivity contribution in [3.8, 4) is 16.9 Å². The van der Waals surface area contributed by atoms with E-state index in [4.69, 9.17) is 14.9 Å². The molecule has 30 heavy (non-hydrogen) atoms. The molecule has 0 radical (unpaired) electrons. The second-order valence-corrected chi connectivity index (χ2v) is 7.30. The topological polar surface area (TPSA) is 85.7 Å². The zero-order valence-corrected chi connectivity index (χ0v) is 16.7. The van der Waals surface area contributed by atoms with Crippen LogP contribution in [-0.4, -0.2) is 11.1 Å². The van der Waals surface area contributed by atoms with Crippen molar-refractivity contribution < 1.29 is 19.1 Å². The predicted octanol–water partition coefficient (Wildman–Crippen LogP) is 5.07. The van der Waals surface area contributed by atoms with Gasteiger partial charge in [0.1, 0.15) is 17.9 Å². The first-order valence-corrected chi connectivity index (χ1v) is 9.77. The summed E-state index contributed by atoms with van der Waals surface area (Å²) in [5.41, 5.74) is 12.2. The lowest BCUT2D eigenvalue weighted by atomic mass is 9.99. The Morgan fingerprint density at radius 2 is 1.90 bits per heavy atom. The Morgan fingerprint density at radius 1 is 1.07 bits per heavy atom. The number of ether oxygens (including phenoxy) is 1. The molecular weight excluding hydrogens is 378 g/mol. The number of carboxylic acids is 1. The van der Waals surface area contributed by atoms with Gasteiger partial charge in [-0.2, -0.15) is 0 Å². The lowest BCUT2D eigenvalue weighted by molar-refractivity contribution is -0.136. The zero-order chi connectivity index (χ0) is 21.1. The van der Waals surface area contributed by atoms with Gasteiger partial charge in [-0.05, 0) is 59.5 Å². The van der Waals surface area contributed by atoms with Crippen LogP contribution in [0.2, 0.25) is 0 Å². The van der Waals surface area contributed by atoms with Crippen LogP contribution in [0.25, 0.3) is 22.1 Å². The van der Waals surface area contributed by atoms with Crippen LogP contribution in [0.5, 0.6) is 5.75 Å². The van der Waals surface area contributed by atoms with Crippen LogP contribution in [0.3, 0.4) is 0 Å². The highest BCUT2D eigenvalue weighted by Crippen LogP contribution is 2.32. The van der Waals surface area contributed by atoms with Gasteiger partial charge in [-0.3, -0.25) is 4.79 Å². The van der Waals surface area contributed by atoms with Gasteiger partial charge in [0.15, 0.2) is 0 Å². The molecule has 0 saturated heterocycles. The summed E-state index contributed by atoms with van der Waals surface area (Å²) in [6.07, 6.45) is 1.61. The number of aryl methyl sites for hydroxylation is 1. The van der Waals surface area contributed by atoms with Crippen LogP contribution in [0.15, 0.2) is 71.3 Å². The first-order chi connectivity index (χ1) is 14.5. The molecule has 4 rings (SSSR count). The van der Waals surface area contributed by atoms with Crippen LogP contribution in [0, 0.1) is 6.92 Å². The first kappa shape index (κ1) is 19.7. The average Bonchev–Trinajstić information content (AvgIpc) is 3.22. The van der Waals surface area contributed by atoms with Gasteiger partial charge in [-0.25, -0.2) is 0 Å². The lowest BCUT2D eigenvalue weighted by Gasteiger charge is -2.14. The predicted molar refractivity (Wildman–Crippen MR) is 116 cm³/mol. The molecule has 4 aromatic rings. The molecule has 3 N–H and O–H groups in total. The SMILES string of the molecule is Cc1cccc(OCc2cc(-c3cccc(CN)c3)c3occc3c2)c1CC(=O)O. The molecular formula is C25H23NO4. The first-order valence-electron chi connectivity index (χ1n) is 9.77. The number of furan rings is 1. The summed E-state index contributed by atoms with van der Waals surface area (Å²) in [5.74, 6) is -0.285. The van der Waals surface area contributed by atoms with Crippen molar-refractivity contribution in [2.75, 3.05) is 0 Å². The van der Waals surface area contributed by atoms with Gasteiger partial charge in [-0.15, -0.1) is 0 Å². The van der Waals surface area contributed by atoms with Gasteiger partial charge in [-0.1, -0.05) is 30.3 Å². The van der Waals surface area contributed by atoms with Gasteiger partial charge >= 0.3 is 5.97 Å². The number of aliphatic carboxylic acids is 1. The lowest BCUT2D eigenvalue weighted by Crippen LogP contribution is -2.06. The third kappa shape index (κ3) is 4.07. The molecule has 0 bridgehead atoms. The van der Waals surface area contributed by atoms with Crippen molar-refractivity contribution in [2.45, 2.75) is 26.5 Å². The Bertz CT molecular complexity index is 1210. The summed E-state index contributed by atoms with van der Waals surface area (Å²) in [7, 11) is 0. The number of hydrogen-bond acceptors (Lipinski definition) is 4. The largest absolute Gasteiger partial charge is 0.489 e. The number of carbonyl (C=O) groups is 1. The fraction of sp³-hybridized carbons (Fsp3) is 0.160. The third-order valence-electron chi connectivity index (χ3n) is 5.17. The van der Waals surface area contributed by atoms with E-state index in [2.05, 4.69) is 6.07 Å². The van der Waals surface area contributed by atoms with E-state index in [0.29, 0.717) is 24.5 Å². The minimum atomic E-state index is -0.879. The quantitative estimate of drug-likeness (QED) is 0.451. The molecule has 0 amide bonds. The molecule has 5 nitrogen and oxygen atoms in total. The van der Waals surface area contributed by atoms with Gasteiger partial charge in [0, 0.05) is 23.1 Å². The molecule has 0 spiro atoms. The molecule has 1 aromatic heterocycles. The Hall–Kier alpha value is -3.57. The van der Waals surface area contributed by atoms with Crippen LogP contribution >= 0.6 is 0 Å². The molecule has 0 unspecified atom stereocenters. The number of hydrogen-bond donors (Lipinski definition) is 2. The smallest absolute Gasteiger partial charge is 0.307 e. The Balaban J connectivity index is 1.68. The fourth-order valence-corrected chi connectivity index (χ4v) is 3.66. The molecule has 0 atom stereocenters. The van der Waals surface area contributed by atoms with Gasteiger partial charge in [0.2, 0.25) is 0 Å². The molecule has 0 aliphatic rings. The summed E-state index contributed by atoms with van der Waals surface area (Å²) < 4.78 is 11.8. The van der Waals surface area contributed by atoms with Crippen molar-refractivity contribution in [3.63, 3.8) is 0 Å². The Labute approximate surface area is 174 Å². The molecule has 152 valence electrons. The standard InChI is InChI=1S/C25H23NO4/c1-16-4-2-7-23(21(16)13-24(27)28)30-15-18-11-20-8-9-29-25(20)22(12-18)19-6-3-5-17(10-19)14-26/h2-12H,13-15,26H2,1H3,(H,27,28). The number of nitrogens with two attached hydrogens (primary N) is 1. The highest BCUT2D eigenvalue weighted by atomic mass is 16.5.